The smallest absolute Gasteiger partial charge is 0.160 e. The molecule has 4 rings (SSSR count). The zero-order chi connectivity index (χ0) is 15.6. The highest BCUT2D eigenvalue weighted by Crippen LogP contribution is 2.32. The zero-order valence-electron chi connectivity index (χ0n) is 13.7. The van der Waals surface area contributed by atoms with Crippen molar-refractivity contribution in [1.82, 2.24) is 14.5 Å². The quantitative estimate of drug-likeness (QED) is 0.693. The number of hydrogen-bond donors (Lipinski definition) is 0. The van der Waals surface area contributed by atoms with Crippen LogP contribution in [0.5, 0.6) is 0 Å². The van der Waals surface area contributed by atoms with Gasteiger partial charge in [-0.2, -0.15) is 0 Å². The summed E-state index contributed by atoms with van der Waals surface area (Å²) < 4.78 is 2.43. The van der Waals surface area contributed by atoms with Crippen molar-refractivity contribution in [1.29, 1.82) is 0 Å². The van der Waals surface area contributed by atoms with Gasteiger partial charge in [-0.05, 0) is 43.0 Å². The van der Waals surface area contributed by atoms with E-state index in [1.165, 1.54) is 49.1 Å². The number of imidazole rings is 1. The number of rotatable bonds is 3. The fourth-order valence-electron chi connectivity index (χ4n) is 3.80. The first-order valence-corrected chi connectivity index (χ1v) is 8.69. The molecule has 2 aromatic heterocycles. The maximum absolute atomic E-state index is 4.92. The van der Waals surface area contributed by atoms with Crippen LogP contribution in [0.25, 0.3) is 11.2 Å². The minimum Gasteiger partial charge on any atom is -0.309 e. The molecule has 1 aliphatic carbocycles. The predicted molar refractivity (Wildman–Crippen MR) is 93.6 cm³/mol. The monoisotopic (exact) mass is 305 g/mol. The Balaban J connectivity index is 1.80. The third-order valence-electron chi connectivity index (χ3n) is 5.07. The van der Waals surface area contributed by atoms with Gasteiger partial charge in [-0.15, -0.1) is 0 Å². The lowest BCUT2D eigenvalue weighted by Gasteiger charge is -2.25. The van der Waals surface area contributed by atoms with Gasteiger partial charge in [0.15, 0.2) is 5.65 Å². The van der Waals surface area contributed by atoms with Crippen LogP contribution in [0.4, 0.5) is 0 Å². The van der Waals surface area contributed by atoms with Gasteiger partial charge >= 0.3 is 0 Å². The molecule has 3 aromatic rings. The highest BCUT2D eigenvalue weighted by Gasteiger charge is 2.22. The molecule has 0 atom stereocenters. The van der Waals surface area contributed by atoms with Gasteiger partial charge in [-0.1, -0.05) is 43.5 Å². The lowest BCUT2D eigenvalue weighted by atomic mass is 9.95. The van der Waals surface area contributed by atoms with Gasteiger partial charge in [0.05, 0.1) is 0 Å². The summed E-state index contributed by atoms with van der Waals surface area (Å²) in [5.41, 5.74) is 4.78. The van der Waals surface area contributed by atoms with E-state index in [-0.39, 0.29) is 0 Å². The molecule has 0 aliphatic heterocycles. The van der Waals surface area contributed by atoms with E-state index in [0.29, 0.717) is 6.04 Å². The number of hydrogen-bond acceptors (Lipinski definition) is 2. The van der Waals surface area contributed by atoms with Crippen LogP contribution in [-0.4, -0.2) is 14.5 Å². The van der Waals surface area contributed by atoms with Crippen molar-refractivity contribution in [3.63, 3.8) is 0 Å². The van der Waals surface area contributed by atoms with Crippen LogP contribution < -0.4 is 0 Å². The third kappa shape index (κ3) is 2.76. The van der Waals surface area contributed by atoms with Crippen molar-refractivity contribution in [2.24, 2.45) is 0 Å². The van der Waals surface area contributed by atoms with E-state index in [2.05, 4.69) is 46.8 Å². The van der Waals surface area contributed by atoms with Gasteiger partial charge in [-0.25, -0.2) is 9.97 Å². The van der Waals surface area contributed by atoms with Crippen molar-refractivity contribution >= 4 is 11.2 Å². The summed E-state index contributed by atoms with van der Waals surface area (Å²) in [6.45, 7) is 2.18. The number of aryl methyl sites for hydroxylation is 1. The topological polar surface area (TPSA) is 30.7 Å². The molecule has 1 fully saturated rings. The number of fused-ring (bicyclic) bond motifs is 1. The number of pyridine rings is 1. The van der Waals surface area contributed by atoms with Crippen LogP contribution in [-0.2, 0) is 6.42 Å². The fraction of sp³-hybridized carbons (Fsp3) is 0.400. The second-order valence-corrected chi connectivity index (χ2v) is 6.64. The summed E-state index contributed by atoms with van der Waals surface area (Å²) in [6, 6.07) is 13.2. The summed E-state index contributed by atoms with van der Waals surface area (Å²) in [6.07, 6.45) is 9.29. The Morgan fingerprint density at radius 3 is 2.70 bits per heavy atom. The average Bonchev–Trinajstić information content (AvgIpc) is 2.95. The molecule has 3 nitrogen and oxygen atoms in total. The van der Waals surface area contributed by atoms with Crippen LogP contribution in [0.3, 0.4) is 0 Å². The molecule has 0 radical (unpaired) electrons. The Morgan fingerprint density at radius 2 is 1.87 bits per heavy atom. The molecule has 0 saturated heterocycles. The summed E-state index contributed by atoms with van der Waals surface area (Å²) in [5, 5.41) is 0. The van der Waals surface area contributed by atoms with Gasteiger partial charge in [0, 0.05) is 18.7 Å². The Kier molecular flexibility index (Phi) is 3.86. The fourth-order valence-corrected chi connectivity index (χ4v) is 3.80. The first-order valence-electron chi connectivity index (χ1n) is 8.69. The standard InChI is InChI=1S/C20H23N3/c1-15-8-5-6-9-16(15)14-19-22-18-12-7-13-21-20(18)23(19)17-10-3-2-4-11-17/h5-9,12-13,17H,2-4,10-11,14H2,1H3. The van der Waals surface area contributed by atoms with Crippen LogP contribution in [0, 0.1) is 6.92 Å². The third-order valence-corrected chi connectivity index (χ3v) is 5.07. The second kappa shape index (κ2) is 6.15. The molecule has 118 valence electrons. The SMILES string of the molecule is Cc1ccccc1Cc1nc2cccnc2n1C1CCCCC1. The molecule has 1 saturated carbocycles. The predicted octanol–water partition coefficient (Wildman–Crippen LogP) is 4.84. The van der Waals surface area contributed by atoms with Crippen LogP contribution in [0.15, 0.2) is 42.6 Å². The highest BCUT2D eigenvalue weighted by molar-refractivity contribution is 5.71. The largest absolute Gasteiger partial charge is 0.309 e. The van der Waals surface area contributed by atoms with Crippen LogP contribution >= 0.6 is 0 Å². The maximum atomic E-state index is 4.92. The van der Waals surface area contributed by atoms with Crippen molar-refractivity contribution in [2.45, 2.75) is 51.5 Å². The van der Waals surface area contributed by atoms with Crippen molar-refractivity contribution in [2.75, 3.05) is 0 Å². The van der Waals surface area contributed by atoms with Gasteiger partial charge in [-0.3, -0.25) is 0 Å². The molecule has 23 heavy (non-hydrogen) atoms. The van der Waals surface area contributed by atoms with E-state index in [0.717, 1.165) is 17.6 Å². The second-order valence-electron chi connectivity index (χ2n) is 6.64. The summed E-state index contributed by atoms with van der Waals surface area (Å²) in [4.78, 5) is 9.57. The van der Waals surface area contributed by atoms with Gasteiger partial charge in [0.2, 0.25) is 0 Å². The van der Waals surface area contributed by atoms with Crippen molar-refractivity contribution in [3.05, 3.63) is 59.5 Å². The van der Waals surface area contributed by atoms with Crippen molar-refractivity contribution in [3.8, 4) is 0 Å². The number of aromatic nitrogens is 3. The van der Waals surface area contributed by atoms with Gasteiger partial charge < -0.3 is 4.57 Å². The Labute approximate surface area is 137 Å². The molecule has 1 aromatic carbocycles. The normalized spacial score (nSPS) is 16.0. The Hall–Kier alpha value is -2.16. The van der Waals surface area contributed by atoms with Gasteiger partial charge in [0.1, 0.15) is 11.3 Å². The first kappa shape index (κ1) is 14.4. The van der Waals surface area contributed by atoms with E-state index in [4.69, 9.17) is 4.98 Å². The van der Waals surface area contributed by atoms with Crippen LogP contribution in [0.2, 0.25) is 0 Å². The molecule has 2 heterocycles. The summed E-state index contributed by atoms with van der Waals surface area (Å²) >= 11 is 0. The van der Waals surface area contributed by atoms with Crippen molar-refractivity contribution < 1.29 is 0 Å². The molecule has 0 unspecified atom stereocenters. The lowest BCUT2D eigenvalue weighted by Crippen LogP contribution is -2.16. The summed E-state index contributed by atoms with van der Waals surface area (Å²) in [7, 11) is 0. The minimum absolute atomic E-state index is 0.558. The highest BCUT2D eigenvalue weighted by atomic mass is 15.1. The molecule has 1 aliphatic rings. The average molecular weight is 305 g/mol. The number of nitrogens with zero attached hydrogens (tertiary/aromatic N) is 3. The molecule has 3 heteroatoms. The molecular weight excluding hydrogens is 282 g/mol. The van der Waals surface area contributed by atoms with E-state index in [1.54, 1.807) is 0 Å². The molecular formula is C20H23N3. The Morgan fingerprint density at radius 1 is 1.04 bits per heavy atom. The van der Waals surface area contributed by atoms with Gasteiger partial charge in [0.25, 0.3) is 0 Å². The van der Waals surface area contributed by atoms with E-state index in [9.17, 15) is 0 Å². The number of benzene rings is 1. The zero-order valence-corrected chi connectivity index (χ0v) is 13.7. The maximum Gasteiger partial charge on any atom is 0.160 e. The molecule has 0 N–H and O–H groups in total. The van der Waals surface area contributed by atoms with Crippen LogP contribution in [0.1, 0.15) is 55.1 Å². The first-order chi connectivity index (χ1) is 11.3. The van der Waals surface area contributed by atoms with E-state index >= 15 is 0 Å². The molecule has 0 bridgehead atoms. The molecule has 0 spiro atoms. The van der Waals surface area contributed by atoms with E-state index in [1.807, 2.05) is 12.3 Å². The Bertz CT molecular complexity index is 813. The summed E-state index contributed by atoms with van der Waals surface area (Å²) in [5.74, 6) is 1.17. The lowest BCUT2D eigenvalue weighted by molar-refractivity contribution is 0.352. The minimum atomic E-state index is 0.558. The van der Waals surface area contributed by atoms with E-state index < -0.39 is 0 Å². The molecule has 0 amide bonds.